The molecule has 0 bridgehead atoms. The lowest BCUT2D eigenvalue weighted by Gasteiger charge is -2.35. The molecule has 11 nitrogen and oxygen atoms in total. The number of amides is 2. The zero-order valence-corrected chi connectivity index (χ0v) is 22.2. The van der Waals surface area contributed by atoms with Gasteiger partial charge in [0.1, 0.15) is 22.9 Å². The molecule has 0 saturated carbocycles. The minimum absolute atomic E-state index is 0.00703. The molecule has 14 heteroatoms. The largest absolute Gasteiger partial charge is 0.484 e. The van der Waals surface area contributed by atoms with Crippen molar-refractivity contribution in [2.24, 2.45) is 5.41 Å². The number of carbonyl (C=O) groups excluding carboxylic acids is 2. The van der Waals surface area contributed by atoms with Gasteiger partial charge in [-0.3, -0.25) is 14.4 Å². The molecule has 2 heterocycles. The predicted molar refractivity (Wildman–Crippen MR) is 131 cm³/mol. The van der Waals surface area contributed by atoms with Crippen molar-refractivity contribution in [1.82, 2.24) is 15.1 Å². The van der Waals surface area contributed by atoms with Crippen LogP contribution in [0, 0.1) is 12.3 Å². The number of sulfonamides is 1. The lowest BCUT2D eigenvalue weighted by atomic mass is 9.90. The average molecular weight is 544 g/mol. The van der Waals surface area contributed by atoms with Gasteiger partial charge in [-0.05, 0) is 37.5 Å². The Morgan fingerprint density at radius 2 is 1.97 bits per heavy atom. The van der Waals surface area contributed by atoms with Crippen LogP contribution in [0.25, 0.3) is 0 Å². The van der Waals surface area contributed by atoms with E-state index >= 15 is 0 Å². The first-order valence-electron chi connectivity index (χ1n) is 11.5. The van der Waals surface area contributed by atoms with Gasteiger partial charge in [-0.15, -0.1) is 0 Å². The first-order valence-corrected chi connectivity index (χ1v) is 12.9. The molecule has 204 valence electrons. The molecule has 0 radical (unpaired) electrons. The highest BCUT2D eigenvalue weighted by molar-refractivity contribution is 7.92. The molecule has 2 N–H and O–H groups in total. The summed E-state index contributed by atoms with van der Waals surface area (Å²) in [4.78, 5) is 23.4. The van der Waals surface area contributed by atoms with Gasteiger partial charge in [-0.25, -0.2) is 17.9 Å². The first kappa shape index (κ1) is 28.2. The minimum atomic E-state index is -4.39. The Bertz CT molecular complexity index is 1270. The normalized spacial score (nSPS) is 16.6. The smallest absolute Gasteiger partial charge is 0.411 e. The molecule has 0 spiro atoms. The van der Waals surface area contributed by atoms with Crippen molar-refractivity contribution in [3.8, 4) is 5.75 Å². The number of anilines is 2. The fourth-order valence-electron chi connectivity index (χ4n) is 3.40. The zero-order valence-electron chi connectivity index (χ0n) is 21.4. The van der Waals surface area contributed by atoms with Crippen LogP contribution in [-0.4, -0.2) is 55.5 Å². The fraction of sp³-hybridized carbons (Fsp3) is 0.522. The fourth-order valence-corrected chi connectivity index (χ4v) is 5.06. The number of fused-ring (bicyclic) bond motifs is 1. The summed E-state index contributed by atoms with van der Waals surface area (Å²) in [6, 6.07) is 4.36. The summed E-state index contributed by atoms with van der Waals surface area (Å²) in [5, 5.41) is 8.77. The van der Waals surface area contributed by atoms with Crippen molar-refractivity contribution < 1.29 is 36.3 Å². The summed E-state index contributed by atoms with van der Waals surface area (Å²) in [5.74, 6) is -0.175. The van der Waals surface area contributed by atoms with Gasteiger partial charge in [-0.2, -0.15) is 13.9 Å². The summed E-state index contributed by atoms with van der Waals surface area (Å²) in [5.41, 5.74) is -0.102. The van der Waals surface area contributed by atoms with Crippen LogP contribution in [-0.2, 0) is 19.6 Å². The molecule has 1 aromatic heterocycles. The number of benzene rings is 1. The highest BCUT2D eigenvalue weighted by atomic mass is 32.2. The van der Waals surface area contributed by atoms with Crippen LogP contribution in [0.4, 0.5) is 25.0 Å². The number of nitrogens with zero attached hydrogens (tertiary/aromatic N) is 3. The van der Waals surface area contributed by atoms with Gasteiger partial charge in [0.05, 0.1) is 30.7 Å². The molecule has 0 unspecified atom stereocenters. The number of aryl methyl sites for hydroxylation is 1. The highest BCUT2D eigenvalue weighted by Gasteiger charge is 2.37. The Balaban J connectivity index is 1.98. The Hall–Kier alpha value is -3.42. The quantitative estimate of drug-likeness (QED) is 0.545. The van der Waals surface area contributed by atoms with E-state index in [-0.39, 0.29) is 51.9 Å². The third-order valence-corrected chi connectivity index (χ3v) is 7.74. The third kappa shape index (κ3) is 6.48. The van der Waals surface area contributed by atoms with Crippen LogP contribution in [0.2, 0.25) is 0 Å². The van der Waals surface area contributed by atoms with Gasteiger partial charge in [0.2, 0.25) is 5.91 Å². The van der Waals surface area contributed by atoms with E-state index < -0.39 is 39.8 Å². The van der Waals surface area contributed by atoms with Crippen LogP contribution in [0.3, 0.4) is 0 Å². The highest BCUT2D eigenvalue weighted by Crippen LogP contribution is 2.39. The number of halogens is 2. The van der Waals surface area contributed by atoms with Gasteiger partial charge in [0.25, 0.3) is 10.0 Å². The molecule has 3 rings (SSSR count). The average Bonchev–Trinajstić information content (AvgIpc) is 3.19. The van der Waals surface area contributed by atoms with Crippen molar-refractivity contribution in [1.29, 1.82) is 0 Å². The van der Waals surface area contributed by atoms with Gasteiger partial charge in [0, 0.05) is 12.6 Å². The Labute approximate surface area is 214 Å². The number of hydrogen-bond acceptors (Lipinski definition) is 7. The monoisotopic (exact) mass is 543 g/mol. The van der Waals surface area contributed by atoms with Crippen LogP contribution < -0.4 is 19.7 Å². The molecular formula is C23H31F2N5O6S. The van der Waals surface area contributed by atoms with E-state index in [1.807, 2.05) is 20.8 Å². The number of carbonyl (C=O) groups is 2. The van der Waals surface area contributed by atoms with Gasteiger partial charge in [0.15, 0.2) is 0 Å². The molecule has 1 aromatic carbocycles. The van der Waals surface area contributed by atoms with Crippen molar-refractivity contribution in [3.05, 3.63) is 30.1 Å². The van der Waals surface area contributed by atoms with E-state index in [9.17, 15) is 26.8 Å². The number of nitrogens with one attached hydrogen (secondary N) is 2. The van der Waals surface area contributed by atoms with Crippen LogP contribution in [0.1, 0.15) is 46.9 Å². The zero-order chi connectivity index (χ0) is 27.7. The van der Waals surface area contributed by atoms with Crippen molar-refractivity contribution >= 4 is 33.4 Å². The van der Waals surface area contributed by atoms with Crippen LogP contribution >= 0.6 is 0 Å². The second-order valence-corrected chi connectivity index (χ2v) is 11.6. The maximum atomic E-state index is 13.7. The molecule has 0 fully saturated rings. The molecule has 1 aliphatic heterocycles. The molecule has 1 aliphatic rings. The SMILES string of the molecule is CC(=O)NC[C@H]1CN(S(=O)(=O)c2cn(C(F)F)nc2C)c2cc(NC(=O)O[C@@H](C)C(C)(C)C)ccc2O1. The number of hydrogen-bond donors (Lipinski definition) is 2. The lowest BCUT2D eigenvalue weighted by molar-refractivity contribution is -0.119. The maximum Gasteiger partial charge on any atom is 0.411 e. The van der Waals surface area contributed by atoms with Crippen molar-refractivity contribution in [2.45, 2.75) is 65.2 Å². The van der Waals surface area contributed by atoms with Crippen molar-refractivity contribution in [2.75, 3.05) is 22.7 Å². The van der Waals surface area contributed by atoms with Gasteiger partial charge < -0.3 is 14.8 Å². The first-order chi connectivity index (χ1) is 17.1. The number of rotatable bonds is 7. The van der Waals surface area contributed by atoms with E-state index in [2.05, 4.69) is 15.7 Å². The van der Waals surface area contributed by atoms with Gasteiger partial charge in [-0.1, -0.05) is 20.8 Å². The standard InChI is InChI=1S/C23H31F2N5O6S/c1-13-20(12-29(28-13)21(24)25)37(33,34)30-11-17(10-26-15(3)31)36-19-8-7-16(9-18(19)30)27-22(32)35-14(2)23(4,5)6/h7-9,12,14,17,21H,10-11H2,1-6H3,(H,26,31)(H,27,32)/t14-,17-/m0/s1. The summed E-state index contributed by atoms with van der Waals surface area (Å²) < 4.78 is 66.2. The number of alkyl halides is 2. The molecule has 0 aliphatic carbocycles. The topological polar surface area (TPSA) is 132 Å². The van der Waals surface area contributed by atoms with Crippen LogP contribution in [0.5, 0.6) is 5.75 Å². The van der Waals surface area contributed by atoms with Crippen LogP contribution in [0.15, 0.2) is 29.3 Å². The maximum absolute atomic E-state index is 13.7. The van der Waals surface area contributed by atoms with E-state index in [4.69, 9.17) is 9.47 Å². The van der Waals surface area contributed by atoms with E-state index in [0.717, 1.165) is 10.5 Å². The van der Waals surface area contributed by atoms with E-state index in [1.54, 1.807) is 6.92 Å². The predicted octanol–water partition coefficient (Wildman–Crippen LogP) is 3.66. The van der Waals surface area contributed by atoms with Crippen molar-refractivity contribution in [3.63, 3.8) is 0 Å². The number of ether oxygens (including phenoxy) is 2. The Morgan fingerprint density at radius 3 is 2.54 bits per heavy atom. The van der Waals surface area contributed by atoms with E-state index in [1.165, 1.54) is 32.0 Å². The molecule has 2 amide bonds. The molecule has 0 saturated heterocycles. The summed E-state index contributed by atoms with van der Waals surface area (Å²) in [6.45, 7) is 6.88. The summed E-state index contributed by atoms with van der Waals surface area (Å²) in [7, 11) is -4.39. The molecular weight excluding hydrogens is 512 g/mol. The second kappa shape index (κ2) is 10.5. The summed E-state index contributed by atoms with van der Waals surface area (Å²) in [6.07, 6.45) is -1.14. The minimum Gasteiger partial charge on any atom is -0.484 e. The second-order valence-electron chi connectivity index (χ2n) is 9.77. The Kier molecular flexibility index (Phi) is 8.00. The lowest BCUT2D eigenvalue weighted by Crippen LogP contribution is -2.48. The molecule has 37 heavy (non-hydrogen) atoms. The Morgan fingerprint density at radius 1 is 1.30 bits per heavy atom. The van der Waals surface area contributed by atoms with E-state index in [0.29, 0.717) is 0 Å². The summed E-state index contributed by atoms with van der Waals surface area (Å²) >= 11 is 0. The molecule has 2 aromatic rings. The van der Waals surface area contributed by atoms with Gasteiger partial charge >= 0.3 is 12.6 Å². The number of aromatic nitrogens is 2. The molecule has 2 atom stereocenters. The third-order valence-electron chi connectivity index (χ3n) is 5.86.